The summed E-state index contributed by atoms with van der Waals surface area (Å²) in [6.07, 6.45) is 0.198. The van der Waals surface area contributed by atoms with Crippen LogP contribution in [0.25, 0.3) is 0 Å². The molecule has 1 aliphatic heterocycles. The molecule has 3 rings (SSSR count). The first-order valence-corrected chi connectivity index (χ1v) is 11.3. The molecule has 170 valence electrons. The maximum absolute atomic E-state index is 13.0. The third-order valence-corrected chi connectivity index (χ3v) is 6.28. The summed E-state index contributed by atoms with van der Waals surface area (Å²) in [7, 11) is 0. The van der Waals surface area contributed by atoms with Gasteiger partial charge in [0, 0.05) is 31.9 Å². The van der Waals surface area contributed by atoms with Crippen LogP contribution in [0.15, 0.2) is 48.5 Å². The predicted molar refractivity (Wildman–Crippen MR) is 120 cm³/mol. The zero-order valence-electron chi connectivity index (χ0n) is 17.7. The normalized spacial score (nSPS) is 14.7. The fourth-order valence-electron chi connectivity index (χ4n) is 3.32. The van der Waals surface area contributed by atoms with E-state index in [0.717, 1.165) is 5.56 Å². The lowest BCUT2D eigenvalue weighted by Crippen LogP contribution is -2.52. The van der Waals surface area contributed by atoms with Gasteiger partial charge in [0.1, 0.15) is 11.6 Å². The van der Waals surface area contributed by atoms with Gasteiger partial charge in [-0.1, -0.05) is 12.1 Å². The third-order valence-electron chi connectivity index (χ3n) is 5.15. The molecule has 1 fully saturated rings. The van der Waals surface area contributed by atoms with Gasteiger partial charge < -0.3 is 15.1 Å². The SMILES string of the molecule is CC(SCC(=O)Nc1ccc(F)cc1)C(=O)N1CCN(C(=O)Cc2ccc(F)cc2)CC1. The number of rotatable bonds is 7. The Morgan fingerprint density at radius 3 is 2.03 bits per heavy atom. The fourth-order valence-corrected chi connectivity index (χ4v) is 4.09. The Hall–Kier alpha value is -2.94. The number of benzene rings is 2. The minimum Gasteiger partial charge on any atom is -0.339 e. The lowest BCUT2D eigenvalue weighted by atomic mass is 10.1. The zero-order chi connectivity index (χ0) is 23.1. The van der Waals surface area contributed by atoms with Crippen LogP contribution >= 0.6 is 11.8 Å². The highest BCUT2D eigenvalue weighted by Crippen LogP contribution is 2.17. The van der Waals surface area contributed by atoms with Crippen LogP contribution in [-0.2, 0) is 20.8 Å². The minimum absolute atomic E-state index is 0.0522. The molecule has 0 bridgehead atoms. The molecule has 1 heterocycles. The van der Waals surface area contributed by atoms with Crippen molar-refractivity contribution in [3.05, 3.63) is 65.7 Å². The van der Waals surface area contributed by atoms with Crippen LogP contribution in [0, 0.1) is 11.6 Å². The first-order valence-electron chi connectivity index (χ1n) is 10.3. The van der Waals surface area contributed by atoms with Gasteiger partial charge in [-0.05, 0) is 48.9 Å². The summed E-state index contributed by atoms with van der Waals surface area (Å²) in [5.41, 5.74) is 1.25. The molecule has 0 saturated carbocycles. The Balaban J connectivity index is 1.40. The van der Waals surface area contributed by atoms with E-state index in [1.165, 1.54) is 48.2 Å². The van der Waals surface area contributed by atoms with E-state index in [0.29, 0.717) is 31.9 Å². The fraction of sp³-hybridized carbons (Fsp3) is 0.348. The summed E-state index contributed by atoms with van der Waals surface area (Å²) in [5.74, 6) is -1.01. The molecule has 0 spiro atoms. The summed E-state index contributed by atoms with van der Waals surface area (Å²) in [6.45, 7) is 3.49. The van der Waals surface area contributed by atoms with Crippen molar-refractivity contribution >= 4 is 35.2 Å². The topological polar surface area (TPSA) is 69.7 Å². The van der Waals surface area contributed by atoms with E-state index in [1.54, 1.807) is 28.9 Å². The van der Waals surface area contributed by atoms with Crippen LogP contribution in [0.4, 0.5) is 14.5 Å². The molecule has 2 aromatic carbocycles. The highest BCUT2D eigenvalue weighted by atomic mass is 32.2. The average Bonchev–Trinajstić information content (AvgIpc) is 2.80. The molecular weight excluding hydrogens is 436 g/mol. The maximum Gasteiger partial charge on any atom is 0.235 e. The molecule has 9 heteroatoms. The Morgan fingerprint density at radius 2 is 1.44 bits per heavy atom. The van der Waals surface area contributed by atoms with Crippen molar-refractivity contribution in [1.29, 1.82) is 0 Å². The molecule has 0 radical (unpaired) electrons. The second-order valence-electron chi connectivity index (χ2n) is 7.52. The summed E-state index contributed by atoms with van der Waals surface area (Å²) in [6, 6.07) is 11.3. The second kappa shape index (κ2) is 11.1. The van der Waals surface area contributed by atoms with E-state index in [-0.39, 0.29) is 41.5 Å². The summed E-state index contributed by atoms with van der Waals surface area (Å²) in [4.78, 5) is 40.7. The molecule has 1 unspecified atom stereocenters. The molecule has 0 aromatic heterocycles. The average molecular weight is 462 g/mol. The molecule has 32 heavy (non-hydrogen) atoms. The molecule has 0 aliphatic carbocycles. The zero-order valence-corrected chi connectivity index (χ0v) is 18.5. The number of carbonyl (C=O) groups is 3. The number of thioether (sulfide) groups is 1. The van der Waals surface area contributed by atoms with Gasteiger partial charge >= 0.3 is 0 Å². The molecular formula is C23H25F2N3O3S. The Bertz CT molecular complexity index is 946. The summed E-state index contributed by atoms with van der Waals surface area (Å²) >= 11 is 1.23. The van der Waals surface area contributed by atoms with Crippen molar-refractivity contribution < 1.29 is 23.2 Å². The van der Waals surface area contributed by atoms with E-state index in [1.807, 2.05) is 0 Å². The van der Waals surface area contributed by atoms with Gasteiger partial charge in [0.15, 0.2) is 0 Å². The number of halogens is 2. The van der Waals surface area contributed by atoms with E-state index in [9.17, 15) is 23.2 Å². The van der Waals surface area contributed by atoms with Crippen molar-refractivity contribution in [3.63, 3.8) is 0 Å². The number of anilines is 1. The van der Waals surface area contributed by atoms with Crippen LogP contribution in [0.5, 0.6) is 0 Å². The monoisotopic (exact) mass is 461 g/mol. The molecule has 2 aromatic rings. The van der Waals surface area contributed by atoms with Crippen molar-refractivity contribution in [1.82, 2.24) is 9.80 Å². The Labute approximate surface area is 190 Å². The van der Waals surface area contributed by atoms with Gasteiger partial charge in [0.25, 0.3) is 0 Å². The van der Waals surface area contributed by atoms with Gasteiger partial charge in [-0.2, -0.15) is 0 Å². The lowest BCUT2D eigenvalue weighted by molar-refractivity contribution is -0.138. The Kier molecular flexibility index (Phi) is 8.21. The standard InChI is InChI=1S/C23H25F2N3O3S/c1-16(32-15-21(29)26-20-8-6-19(25)7-9-20)23(31)28-12-10-27(11-13-28)22(30)14-17-2-4-18(24)5-3-17/h2-9,16H,10-15H2,1H3,(H,26,29). The number of amides is 3. The van der Waals surface area contributed by atoms with E-state index < -0.39 is 5.25 Å². The smallest absolute Gasteiger partial charge is 0.235 e. The van der Waals surface area contributed by atoms with Gasteiger partial charge in [0.05, 0.1) is 17.4 Å². The molecule has 1 N–H and O–H groups in total. The van der Waals surface area contributed by atoms with Crippen molar-refractivity contribution in [2.75, 3.05) is 37.2 Å². The first kappa shape index (κ1) is 23.7. The van der Waals surface area contributed by atoms with Crippen LogP contribution in [-0.4, -0.2) is 64.7 Å². The van der Waals surface area contributed by atoms with E-state index >= 15 is 0 Å². The van der Waals surface area contributed by atoms with E-state index in [4.69, 9.17) is 0 Å². The van der Waals surface area contributed by atoms with Crippen LogP contribution in [0.1, 0.15) is 12.5 Å². The number of piperazine rings is 1. The molecule has 3 amide bonds. The summed E-state index contributed by atoms with van der Waals surface area (Å²) in [5, 5.41) is 2.26. The first-order chi connectivity index (χ1) is 15.3. The number of nitrogens with one attached hydrogen (secondary N) is 1. The molecule has 1 atom stereocenters. The molecule has 6 nitrogen and oxygen atoms in total. The predicted octanol–water partition coefficient (Wildman–Crippen LogP) is 2.94. The number of hydrogen-bond acceptors (Lipinski definition) is 4. The molecule has 1 saturated heterocycles. The highest BCUT2D eigenvalue weighted by molar-refractivity contribution is 8.01. The minimum atomic E-state index is -0.407. The second-order valence-corrected chi connectivity index (χ2v) is 8.85. The maximum atomic E-state index is 13.0. The van der Waals surface area contributed by atoms with Crippen LogP contribution < -0.4 is 5.32 Å². The van der Waals surface area contributed by atoms with Gasteiger partial charge in [-0.3, -0.25) is 14.4 Å². The van der Waals surface area contributed by atoms with Gasteiger partial charge in [-0.15, -0.1) is 11.8 Å². The third kappa shape index (κ3) is 6.78. The Morgan fingerprint density at radius 1 is 0.906 bits per heavy atom. The van der Waals surface area contributed by atoms with Crippen LogP contribution in [0.3, 0.4) is 0 Å². The molecule has 1 aliphatic rings. The van der Waals surface area contributed by atoms with Gasteiger partial charge in [0.2, 0.25) is 17.7 Å². The van der Waals surface area contributed by atoms with Crippen molar-refractivity contribution in [2.45, 2.75) is 18.6 Å². The van der Waals surface area contributed by atoms with Crippen molar-refractivity contribution in [2.24, 2.45) is 0 Å². The highest BCUT2D eigenvalue weighted by Gasteiger charge is 2.27. The van der Waals surface area contributed by atoms with Gasteiger partial charge in [-0.25, -0.2) is 8.78 Å². The van der Waals surface area contributed by atoms with E-state index in [2.05, 4.69) is 5.32 Å². The van der Waals surface area contributed by atoms with Crippen LogP contribution in [0.2, 0.25) is 0 Å². The largest absolute Gasteiger partial charge is 0.339 e. The van der Waals surface area contributed by atoms with Crippen molar-refractivity contribution in [3.8, 4) is 0 Å². The number of nitrogens with zero attached hydrogens (tertiary/aromatic N) is 2. The number of carbonyl (C=O) groups excluding carboxylic acids is 3. The lowest BCUT2D eigenvalue weighted by Gasteiger charge is -2.36. The number of hydrogen-bond donors (Lipinski definition) is 1. The quantitative estimate of drug-likeness (QED) is 0.689. The summed E-state index contributed by atoms with van der Waals surface area (Å²) < 4.78 is 25.9.